The second-order valence-corrected chi connectivity index (χ2v) is 8.74. The summed E-state index contributed by atoms with van der Waals surface area (Å²) in [6.07, 6.45) is 0.515. The van der Waals surface area contributed by atoms with E-state index in [1.54, 1.807) is 29.5 Å². The number of methoxy groups -OCH3 is 1. The summed E-state index contributed by atoms with van der Waals surface area (Å²) in [6.45, 7) is 2.71. The highest BCUT2D eigenvalue weighted by molar-refractivity contribution is 7.16. The minimum absolute atomic E-state index is 0.0465. The molecule has 1 atom stereocenters. The third kappa shape index (κ3) is 3.40. The third-order valence-electron chi connectivity index (χ3n) is 5.70. The van der Waals surface area contributed by atoms with Crippen molar-refractivity contribution < 1.29 is 14.6 Å². The molecule has 2 aliphatic rings. The van der Waals surface area contributed by atoms with Crippen LogP contribution in [0.2, 0.25) is 0 Å². The molecule has 0 saturated carbocycles. The van der Waals surface area contributed by atoms with Gasteiger partial charge in [0.15, 0.2) is 11.5 Å². The van der Waals surface area contributed by atoms with Crippen molar-refractivity contribution in [3.63, 3.8) is 0 Å². The molecule has 0 saturated heterocycles. The Balaban J connectivity index is 1.38. The predicted octanol–water partition coefficient (Wildman–Crippen LogP) is 3.87. The number of aromatic hydroxyl groups is 1. The molecular formula is C23H23N3O3S. The molecule has 3 aromatic rings. The SMILES string of the molecule is COc1cc(C2NC(=O)c3c(sc4c3CCN(Cc3ccccc3)C4)N2)ccc1O. The van der Waals surface area contributed by atoms with Gasteiger partial charge in [-0.25, -0.2) is 0 Å². The molecule has 3 heterocycles. The Morgan fingerprint density at radius 3 is 2.83 bits per heavy atom. The molecule has 7 heteroatoms. The lowest BCUT2D eigenvalue weighted by molar-refractivity contribution is 0.0934. The van der Waals surface area contributed by atoms with E-state index in [0.29, 0.717) is 5.75 Å². The number of ether oxygens (including phenoxy) is 1. The van der Waals surface area contributed by atoms with E-state index in [2.05, 4.69) is 39.8 Å². The van der Waals surface area contributed by atoms with Crippen LogP contribution < -0.4 is 15.4 Å². The first-order chi connectivity index (χ1) is 14.6. The number of carbonyl (C=O) groups excluding carboxylic acids is 1. The summed E-state index contributed by atoms with van der Waals surface area (Å²) in [4.78, 5) is 16.6. The minimum atomic E-state index is -0.361. The molecule has 0 radical (unpaired) electrons. The maximum atomic E-state index is 13.0. The highest BCUT2D eigenvalue weighted by atomic mass is 32.1. The van der Waals surface area contributed by atoms with Crippen molar-refractivity contribution in [2.75, 3.05) is 19.0 Å². The van der Waals surface area contributed by atoms with Crippen LogP contribution in [0, 0.1) is 0 Å². The van der Waals surface area contributed by atoms with Gasteiger partial charge >= 0.3 is 0 Å². The molecule has 1 amide bonds. The number of benzene rings is 2. The summed E-state index contributed by atoms with van der Waals surface area (Å²) >= 11 is 1.67. The third-order valence-corrected chi connectivity index (χ3v) is 6.85. The maximum Gasteiger partial charge on any atom is 0.256 e. The van der Waals surface area contributed by atoms with Gasteiger partial charge in [-0.1, -0.05) is 36.4 Å². The first-order valence-electron chi connectivity index (χ1n) is 9.97. The van der Waals surface area contributed by atoms with Crippen LogP contribution in [-0.2, 0) is 19.5 Å². The Labute approximate surface area is 179 Å². The van der Waals surface area contributed by atoms with Crippen molar-refractivity contribution in [3.05, 3.63) is 75.7 Å². The van der Waals surface area contributed by atoms with E-state index >= 15 is 0 Å². The fourth-order valence-electron chi connectivity index (χ4n) is 4.19. The van der Waals surface area contributed by atoms with Gasteiger partial charge in [0, 0.05) is 24.5 Å². The van der Waals surface area contributed by atoms with Crippen LogP contribution in [0.3, 0.4) is 0 Å². The van der Waals surface area contributed by atoms with E-state index in [1.165, 1.54) is 23.1 Å². The molecular weight excluding hydrogens is 398 g/mol. The van der Waals surface area contributed by atoms with Crippen LogP contribution in [0.5, 0.6) is 11.5 Å². The van der Waals surface area contributed by atoms with Crippen molar-refractivity contribution in [1.29, 1.82) is 0 Å². The summed E-state index contributed by atoms with van der Waals surface area (Å²) in [7, 11) is 1.51. The number of hydrogen-bond donors (Lipinski definition) is 3. The molecule has 30 heavy (non-hydrogen) atoms. The zero-order chi connectivity index (χ0) is 20.7. The number of amides is 1. The molecule has 6 nitrogen and oxygen atoms in total. The Hall–Kier alpha value is -3.03. The van der Waals surface area contributed by atoms with E-state index in [1.807, 2.05) is 6.07 Å². The van der Waals surface area contributed by atoms with E-state index in [-0.39, 0.29) is 17.8 Å². The highest BCUT2D eigenvalue weighted by Crippen LogP contribution is 2.41. The van der Waals surface area contributed by atoms with Gasteiger partial charge in [0.1, 0.15) is 11.2 Å². The predicted molar refractivity (Wildman–Crippen MR) is 117 cm³/mol. The number of nitrogens with zero attached hydrogens (tertiary/aromatic N) is 1. The number of phenols is 1. The standard InChI is InChI=1S/C23H23N3O3S/c1-29-18-11-15(7-8-17(18)27)21-24-22(28)20-16-9-10-26(12-14-5-3-2-4-6-14)13-19(16)30-23(20)25-21/h2-8,11,21,25,27H,9-10,12-13H2,1H3,(H,24,28). The molecule has 154 valence electrons. The number of hydrogen-bond acceptors (Lipinski definition) is 6. The molecule has 3 N–H and O–H groups in total. The lowest BCUT2D eigenvalue weighted by Gasteiger charge is -2.28. The number of rotatable bonds is 4. The van der Waals surface area contributed by atoms with Crippen LogP contribution in [-0.4, -0.2) is 29.6 Å². The lowest BCUT2D eigenvalue weighted by Crippen LogP contribution is -2.38. The van der Waals surface area contributed by atoms with Crippen molar-refractivity contribution in [3.8, 4) is 11.5 Å². The second kappa shape index (κ2) is 7.66. The normalized spacial score (nSPS) is 18.2. The van der Waals surface area contributed by atoms with Crippen molar-refractivity contribution in [2.45, 2.75) is 25.7 Å². The Morgan fingerprint density at radius 1 is 1.20 bits per heavy atom. The van der Waals surface area contributed by atoms with Crippen LogP contribution >= 0.6 is 11.3 Å². The fourth-order valence-corrected chi connectivity index (χ4v) is 5.50. The van der Waals surface area contributed by atoms with Gasteiger partial charge in [0.25, 0.3) is 5.91 Å². The Morgan fingerprint density at radius 2 is 2.03 bits per heavy atom. The number of anilines is 1. The molecule has 0 spiro atoms. The van der Waals surface area contributed by atoms with Gasteiger partial charge in [0.05, 0.1) is 12.7 Å². The summed E-state index contributed by atoms with van der Waals surface area (Å²) in [6, 6.07) is 15.6. The first kappa shape index (κ1) is 19.0. The van der Waals surface area contributed by atoms with Gasteiger partial charge < -0.3 is 20.5 Å². The van der Waals surface area contributed by atoms with Gasteiger partial charge in [0.2, 0.25) is 0 Å². The average molecular weight is 422 g/mol. The van der Waals surface area contributed by atoms with Crippen LogP contribution in [0.1, 0.15) is 38.1 Å². The average Bonchev–Trinajstić information content (AvgIpc) is 3.13. The van der Waals surface area contributed by atoms with Crippen molar-refractivity contribution >= 4 is 22.2 Å². The number of thiophene rings is 1. The largest absolute Gasteiger partial charge is 0.504 e. The van der Waals surface area contributed by atoms with Crippen LogP contribution in [0.25, 0.3) is 0 Å². The molecule has 5 rings (SSSR count). The van der Waals surface area contributed by atoms with Crippen LogP contribution in [0.4, 0.5) is 5.00 Å². The molecule has 0 bridgehead atoms. The summed E-state index contributed by atoms with van der Waals surface area (Å²) in [5, 5.41) is 17.3. The molecule has 0 fully saturated rings. The number of nitrogens with one attached hydrogen (secondary N) is 2. The smallest absolute Gasteiger partial charge is 0.256 e. The minimum Gasteiger partial charge on any atom is -0.504 e. The van der Waals surface area contributed by atoms with Gasteiger partial charge in [-0.05, 0) is 35.2 Å². The fraction of sp³-hybridized carbons (Fsp3) is 0.261. The molecule has 0 aliphatic carbocycles. The highest BCUT2D eigenvalue weighted by Gasteiger charge is 2.33. The maximum absolute atomic E-state index is 13.0. The van der Waals surface area contributed by atoms with Crippen LogP contribution in [0.15, 0.2) is 48.5 Å². The summed E-state index contributed by atoms with van der Waals surface area (Å²) < 4.78 is 5.21. The quantitative estimate of drug-likeness (QED) is 0.596. The molecule has 2 aliphatic heterocycles. The monoisotopic (exact) mass is 421 g/mol. The zero-order valence-corrected chi connectivity index (χ0v) is 17.5. The van der Waals surface area contributed by atoms with Crippen molar-refractivity contribution in [1.82, 2.24) is 10.2 Å². The lowest BCUT2D eigenvalue weighted by atomic mass is 10.00. The Kier molecular flexibility index (Phi) is 4.84. The summed E-state index contributed by atoms with van der Waals surface area (Å²) in [5.74, 6) is 0.417. The molecule has 2 aromatic carbocycles. The topological polar surface area (TPSA) is 73.8 Å². The van der Waals surface area contributed by atoms with E-state index in [9.17, 15) is 9.90 Å². The number of phenolic OH excluding ortho intramolecular Hbond substituents is 1. The second-order valence-electron chi connectivity index (χ2n) is 7.64. The van der Waals surface area contributed by atoms with E-state index in [0.717, 1.165) is 42.2 Å². The van der Waals surface area contributed by atoms with E-state index < -0.39 is 0 Å². The molecule has 1 unspecified atom stereocenters. The van der Waals surface area contributed by atoms with Gasteiger partial charge in [-0.2, -0.15) is 0 Å². The first-order valence-corrected chi connectivity index (χ1v) is 10.8. The number of fused-ring (bicyclic) bond motifs is 3. The zero-order valence-electron chi connectivity index (χ0n) is 16.6. The van der Waals surface area contributed by atoms with Crippen molar-refractivity contribution in [2.24, 2.45) is 0 Å². The summed E-state index contributed by atoms with van der Waals surface area (Å²) in [5.41, 5.74) is 4.10. The Bertz CT molecular complexity index is 1100. The van der Waals surface area contributed by atoms with Gasteiger partial charge in [-0.15, -0.1) is 11.3 Å². The number of carbonyl (C=O) groups is 1. The van der Waals surface area contributed by atoms with Gasteiger partial charge in [-0.3, -0.25) is 9.69 Å². The van der Waals surface area contributed by atoms with E-state index in [4.69, 9.17) is 4.74 Å². The molecule has 1 aromatic heterocycles.